The lowest BCUT2D eigenvalue weighted by Gasteiger charge is -2.31. The molecule has 4 nitrogen and oxygen atoms in total. The number of hydrogen-bond donors (Lipinski definition) is 2. The van der Waals surface area contributed by atoms with Gasteiger partial charge < -0.3 is 5.11 Å². The van der Waals surface area contributed by atoms with Gasteiger partial charge in [0.05, 0.1) is 0 Å². The van der Waals surface area contributed by atoms with E-state index in [0.29, 0.717) is 17.2 Å². The molecule has 1 aromatic heterocycles. The summed E-state index contributed by atoms with van der Waals surface area (Å²) in [5.74, 6) is 0. The Bertz CT molecular complexity index is 490. The molecule has 0 unspecified atom stereocenters. The van der Waals surface area contributed by atoms with Crippen molar-refractivity contribution in [2.75, 3.05) is 13.2 Å². The molecule has 0 aliphatic heterocycles. The van der Waals surface area contributed by atoms with Crippen LogP contribution in [-0.4, -0.2) is 26.7 Å². The predicted octanol–water partition coefficient (Wildman–Crippen LogP) is 2.52. The van der Waals surface area contributed by atoms with E-state index in [4.69, 9.17) is 5.11 Å². The molecule has 1 aromatic rings. The van der Waals surface area contributed by atoms with E-state index in [2.05, 4.69) is 4.72 Å². The Morgan fingerprint density at radius 1 is 1.32 bits per heavy atom. The molecule has 6 heteroatoms. The zero-order valence-corrected chi connectivity index (χ0v) is 13.4. The second kappa shape index (κ2) is 6.83. The second-order valence-electron chi connectivity index (χ2n) is 4.87. The molecule has 0 aliphatic carbocycles. The van der Waals surface area contributed by atoms with Gasteiger partial charge in [0.1, 0.15) is 4.21 Å². The van der Waals surface area contributed by atoms with Crippen LogP contribution in [0, 0.1) is 12.3 Å². The van der Waals surface area contributed by atoms with Crippen molar-refractivity contribution in [3.8, 4) is 0 Å². The van der Waals surface area contributed by atoms with E-state index in [0.717, 1.165) is 17.7 Å². The first-order valence-electron chi connectivity index (χ1n) is 6.56. The minimum atomic E-state index is -3.42. The van der Waals surface area contributed by atoms with Crippen LogP contribution in [0.4, 0.5) is 0 Å². The molecule has 0 atom stereocenters. The number of hydrogen-bond acceptors (Lipinski definition) is 4. The van der Waals surface area contributed by atoms with Gasteiger partial charge in [0.25, 0.3) is 0 Å². The molecule has 0 spiro atoms. The first-order chi connectivity index (χ1) is 8.89. The van der Waals surface area contributed by atoms with E-state index in [1.54, 1.807) is 12.1 Å². The molecule has 2 N–H and O–H groups in total. The summed E-state index contributed by atoms with van der Waals surface area (Å²) in [5, 5.41) is 9.14. The second-order valence-corrected chi connectivity index (χ2v) is 8.15. The van der Waals surface area contributed by atoms with Crippen LogP contribution < -0.4 is 4.72 Å². The monoisotopic (exact) mass is 305 g/mol. The lowest BCUT2D eigenvalue weighted by Crippen LogP contribution is -2.37. The molecule has 1 heterocycles. The van der Waals surface area contributed by atoms with E-state index in [1.165, 1.54) is 11.3 Å². The Morgan fingerprint density at radius 3 is 2.37 bits per heavy atom. The Kier molecular flexibility index (Phi) is 5.98. The number of nitrogens with one attached hydrogen (secondary N) is 1. The van der Waals surface area contributed by atoms with Crippen molar-refractivity contribution in [3.63, 3.8) is 0 Å². The van der Waals surface area contributed by atoms with Gasteiger partial charge in [-0.25, -0.2) is 13.1 Å². The maximum atomic E-state index is 12.2. The van der Waals surface area contributed by atoms with Crippen LogP contribution in [0.5, 0.6) is 0 Å². The van der Waals surface area contributed by atoms with E-state index in [-0.39, 0.29) is 12.0 Å². The zero-order valence-electron chi connectivity index (χ0n) is 11.8. The summed E-state index contributed by atoms with van der Waals surface area (Å²) in [6, 6.07) is 3.44. The van der Waals surface area contributed by atoms with Gasteiger partial charge in [-0.05, 0) is 43.7 Å². The number of thiophene rings is 1. The summed E-state index contributed by atoms with van der Waals surface area (Å²) in [4.78, 5) is 0.980. The lowest BCUT2D eigenvalue weighted by molar-refractivity contribution is 0.170. The number of sulfonamides is 1. The SMILES string of the molecule is CCC(CC)(CCO)CNS(=O)(=O)c1ccc(C)s1. The Morgan fingerprint density at radius 2 is 1.95 bits per heavy atom. The normalized spacial score (nSPS) is 12.8. The van der Waals surface area contributed by atoms with Crippen molar-refractivity contribution < 1.29 is 13.5 Å². The number of aliphatic hydroxyl groups is 1. The van der Waals surface area contributed by atoms with Crippen molar-refractivity contribution in [3.05, 3.63) is 17.0 Å². The van der Waals surface area contributed by atoms with Crippen LogP contribution >= 0.6 is 11.3 Å². The third-order valence-corrected chi connectivity index (χ3v) is 6.65. The van der Waals surface area contributed by atoms with Gasteiger partial charge in [-0.2, -0.15) is 0 Å². The van der Waals surface area contributed by atoms with E-state index >= 15 is 0 Å². The van der Waals surface area contributed by atoms with Crippen LogP contribution in [0.3, 0.4) is 0 Å². The standard InChI is InChI=1S/C13H23NO3S2/c1-4-13(5-2,8-9-15)10-14-19(16,17)12-7-6-11(3)18-12/h6-7,14-15H,4-5,8-10H2,1-3H3. The van der Waals surface area contributed by atoms with E-state index < -0.39 is 10.0 Å². The molecule has 0 bridgehead atoms. The van der Waals surface area contributed by atoms with Gasteiger partial charge in [0, 0.05) is 18.0 Å². The summed E-state index contributed by atoms with van der Waals surface area (Å²) in [7, 11) is -3.42. The maximum absolute atomic E-state index is 12.2. The molecular weight excluding hydrogens is 282 g/mol. The highest BCUT2D eigenvalue weighted by molar-refractivity contribution is 7.91. The highest BCUT2D eigenvalue weighted by Crippen LogP contribution is 2.30. The average Bonchev–Trinajstić information content (AvgIpc) is 2.82. The Balaban J connectivity index is 2.79. The molecule has 110 valence electrons. The maximum Gasteiger partial charge on any atom is 0.250 e. The molecule has 0 amide bonds. The van der Waals surface area contributed by atoms with Crippen LogP contribution in [-0.2, 0) is 10.0 Å². The third kappa shape index (κ3) is 4.27. The predicted molar refractivity (Wildman–Crippen MR) is 79.0 cm³/mol. The highest BCUT2D eigenvalue weighted by Gasteiger charge is 2.28. The number of aryl methyl sites for hydroxylation is 1. The Labute approximate surface area is 119 Å². The summed E-state index contributed by atoms with van der Waals surface area (Å²) < 4.78 is 27.4. The molecule has 0 aromatic carbocycles. The van der Waals surface area contributed by atoms with Crippen molar-refractivity contribution in [1.29, 1.82) is 0 Å². The van der Waals surface area contributed by atoms with Gasteiger partial charge in [0.15, 0.2) is 0 Å². The molecule has 19 heavy (non-hydrogen) atoms. The van der Waals surface area contributed by atoms with Gasteiger partial charge in [-0.15, -0.1) is 11.3 Å². The highest BCUT2D eigenvalue weighted by atomic mass is 32.2. The largest absolute Gasteiger partial charge is 0.396 e. The fraction of sp³-hybridized carbons (Fsp3) is 0.692. The van der Waals surface area contributed by atoms with Crippen LogP contribution in [0.2, 0.25) is 0 Å². The summed E-state index contributed by atoms with van der Waals surface area (Å²) in [6.45, 7) is 6.41. The van der Waals surface area contributed by atoms with Crippen molar-refractivity contribution in [1.82, 2.24) is 4.72 Å². The molecule has 0 radical (unpaired) electrons. The molecule has 0 fully saturated rings. The molecule has 0 aliphatic rings. The molecule has 0 saturated heterocycles. The van der Waals surface area contributed by atoms with Crippen LogP contribution in [0.1, 0.15) is 38.0 Å². The van der Waals surface area contributed by atoms with Crippen molar-refractivity contribution in [2.45, 2.75) is 44.2 Å². The van der Waals surface area contributed by atoms with Crippen molar-refractivity contribution >= 4 is 21.4 Å². The molecule has 1 rings (SSSR count). The summed E-state index contributed by atoms with van der Waals surface area (Å²) >= 11 is 1.27. The van der Waals surface area contributed by atoms with Gasteiger partial charge in [-0.1, -0.05) is 13.8 Å². The topological polar surface area (TPSA) is 66.4 Å². The first-order valence-corrected chi connectivity index (χ1v) is 8.86. The van der Waals surface area contributed by atoms with Crippen LogP contribution in [0.15, 0.2) is 16.3 Å². The molecular formula is C13H23NO3S2. The quantitative estimate of drug-likeness (QED) is 0.775. The van der Waals surface area contributed by atoms with Gasteiger partial charge in [0.2, 0.25) is 10.0 Å². The third-order valence-electron chi connectivity index (χ3n) is 3.76. The van der Waals surface area contributed by atoms with E-state index in [9.17, 15) is 8.42 Å². The minimum Gasteiger partial charge on any atom is -0.396 e. The average molecular weight is 305 g/mol. The number of rotatable bonds is 8. The fourth-order valence-corrected chi connectivity index (χ4v) is 4.54. The lowest BCUT2D eigenvalue weighted by atomic mass is 9.80. The van der Waals surface area contributed by atoms with E-state index in [1.807, 2.05) is 20.8 Å². The molecule has 0 saturated carbocycles. The summed E-state index contributed by atoms with van der Waals surface area (Å²) in [6.07, 6.45) is 2.30. The smallest absolute Gasteiger partial charge is 0.250 e. The zero-order chi connectivity index (χ0) is 14.5. The van der Waals surface area contributed by atoms with Crippen molar-refractivity contribution in [2.24, 2.45) is 5.41 Å². The minimum absolute atomic E-state index is 0.0848. The first kappa shape index (κ1) is 16.6. The summed E-state index contributed by atoms with van der Waals surface area (Å²) in [5.41, 5.74) is -0.159. The fourth-order valence-electron chi connectivity index (χ4n) is 2.05. The Hall–Kier alpha value is -0.430. The van der Waals surface area contributed by atoms with Crippen LogP contribution in [0.25, 0.3) is 0 Å². The van der Waals surface area contributed by atoms with Gasteiger partial charge >= 0.3 is 0 Å². The number of aliphatic hydroxyl groups excluding tert-OH is 1. The van der Waals surface area contributed by atoms with Gasteiger partial charge in [-0.3, -0.25) is 0 Å².